The van der Waals surface area contributed by atoms with Crippen molar-refractivity contribution in [3.8, 4) is 0 Å². The van der Waals surface area contributed by atoms with Gasteiger partial charge in [0.2, 0.25) is 0 Å². The summed E-state index contributed by atoms with van der Waals surface area (Å²) in [5, 5.41) is -3.12. The summed E-state index contributed by atoms with van der Waals surface area (Å²) in [6.45, 7) is 37.0. The van der Waals surface area contributed by atoms with Crippen molar-refractivity contribution >= 4 is 58.6 Å². The molecule has 0 spiro atoms. The third-order valence-corrected chi connectivity index (χ3v) is 14.5. The molecule has 0 aliphatic heterocycles. The second kappa shape index (κ2) is 18.6. The molecule has 7 heteroatoms. The Labute approximate surface area is 283 Å². The van der Waals surface area contributed by atoms with Gasteiger partial charge in [0, 0.05) is 0 Å². The first kappa shape index (κ1) is 46.1. The van der Waals surface area contributed by atoms with Gasteiger partial charge >= 0.3 is 20.4 Å². The summed E-state index contributed by atoms with van der Waals surface area (Å²) < 4.78 is 0. The molecule has 0 fully saturated rings. The van der Waals surface area contributed by atoms with E-state index in [0.29, 0.717) is 45.3 Å². The maximum Gasteiger partial charge on any atom is 2.00 e. The number of hydrogen-bond donors (Lipinski definition) is 0. The van der Waals surface area contributed by atoms with E-state index in [2.05, 4.69) is 111 Å². The molecule has 0 rings (SSSR count). The largest absolute Gasteiger partial charge is 2.00 e. The standard InChI is InChI=1S/2C16H35PS2.Pd/c2*1-13(9-15(3,4)5)11-17(18,19)12-14(2)10-16(6,7)8;/h2*13-14H,9-12H2,1-8H3,(H,18,19);/q;;+2/p-2. The fourth-order valence-electron chi connectivity index (χ4n) is 6.49. The van der Waals surface area contributed by atoms with Gasteiger partial charge in [0.05, 0.1) is 0 Å². The zero-order chi connectivity index (χ0) is 31.0. The van der Waals surface area contributed by atoms with Crippen molar-refractivity contribution < 1.29 is 20.4 Å². The fourth-order valence-corrected chi connectivity index (χ4v) is 17.2. The first-order valence-electron chi connectivity index (χ1n) is 15.0. The predicted octanol–water partition coefficient (Wildman–Crippen LogP) is 12.1. The Morgan fingerprint density at radius 3 is 0.667 bits per heavy atom. The average Bonchev–Trinajstić information content (AvgIpc) is 2.43. The Kier molecular flexibility index (Phi) is 22.0. The molecule has 0 aliphatic rings. The van der Waals surface area contributed by atoms with E-state index in [1.807, 2.05) is 0 Å². The molecule has 0 bridgehead atoms. The van der Waals surface area contributed by atoms with Crippen LogP contribution in [0.2, 0.25) is 0 Å². The van der Waals surface area contributed by atoms with Crippen molar-refractivity contribution in [1.82, 2.24) is 0 Å². The van der Waals surface area contributed by atoms with E-state index >= 15 is 0 Å². The van der Waals surface area contributed by atoms with Crippen LogP contribution in [0.5, 0.6) is 0 Å². The van der Waals surface area contributed by atoms with E-state index in [4.69, 9.17) is 48.1 Å². The van der Waals surface area contributed by atoms with E-state index in [1.165, 1.54) is 25.7 Å². The zero-order valence-corrected chi connectivity index (χ0v) is 35.4. The molecule has 0 saturated heterocycles. The molecule has 4 atom stereocenters. The SMILES string of the molecule is CC(CC(C)(C)C)CP(=S)([S-])CC(C)CC(C)(C)C.CC(CC(C)(C)C)CP(=S)([S-])CC(C)CC(C)(C)C.[Pd+2]. The Balaban J connectivity index is -0.000000648. The van der Waals surface area contributed by atoms with Crippen molar-refractivity contribution in [3.05, 3.63) is 0 Å². The van der Waals surface area contributed by atoms with Crippen molar-refractivity contribution in [1.29, 1.82) is 0 Å². The van der Waals surface area contributed by atoms with Gasteiger partial charge in [0.15, 0.2) is 0 Å². The zero-order valence-electron chi connectivity index (χ0n) is 28.8. The van der Waals surface area contributed by atoms with E-state index in [-0.39, 0.29) is 20.4 Å². The number of rotatable bonds is 12. The summed E-state index contributed by atoms with van der Waals surface area (Å²) >= 11 is 23.2. The Morgan fingerprint density at radius 1 is 0.436 bits per heavy atom. The fraction of sp³-hybridized carbons (Fsp3) is 1.00. The smallest absolute Gasteiger partial charge is 0.746 e. The third-order valence-electron chi connectivity index (χ3n) is 6.20. The van der Waals surface area contributed by atoms with E-state index < -0.39 is 10.5 Å². The van der Waals surface area contributed by atoms with Gasteiger partial charge in [0.1, 0.15) is 0 Å². The Hall–Kier alpha value is 2.66. The van der Waals surface area contributed by atoms with Crippen LogP contribution < -0.4 is 0 Å². The molecule has 0 N–H and O–H groups in total. The van der Waals surface area contributed by atoms with Crippen LogP contribution in [-0.4, -0.2) is 24.6 Å². The number of hydrogen-bond acceptors (Lipinski definition) is 4. The van der Waals surface area contributed by atoms with Crippen molar-refractivity contribution in [2.24, 2.45) is 45.3 Å². The van der Waals surface area contributed by atoms with Crippen LogP contribution in [-0.2, 0) is 68.5 Å². The first-order valence-corrected chi connectivity index (χ1v) is 23.4. The molecular weight excluding hydrogens is 681 g/mol. The molecule has 39 heavy (non-hydrogen) atoms. The minimum absolute atomic E-state index is 0. The van der Waals surface area contributed by atoms with Crippen LogP contribution in [0, 0.1) is 45.3 Å². The van der Waals surface area contributed by atoms with Gasteiger partial charge in [-0.15, -0.1) is 23.6 Å². The van der Waals surface area contributed by atoms with Gasteiger partial charge in [-0.1, -0.05) is 111 Å². The summed E-state index contributed by atoms with van der Waals surface area (Å²) in [4.78, 5) is 0. The Bertz CT molecular complexity index is 634. The summed E-state index contributed by atoms with van der Waals surface area (Å²) in [5.41, 5.74) is 1.56. The maximum atomic E-state index is 5.80. The molecule has 240 valence electrons. The Morgan fingerprint density at radius 2 is 0.564 bits per heavy atom. The van der Waals surface area contributed by atoms with Gasteiger partial charge < -0.3 is 24.5 Å². The first-order chi connectivity index (χ1) is 16.4. The van der Waals surface area contributed by atoms with Crippen molar-refractivity contribution in [2.45, 2.75) is 136 Å². The second-order valence-electron chi connectivity index (χ2n) is 17.8. The quantitative estimate of drug-likeness (QED) is 0.111. The summed E-state index contributed by atoms with van der Waals surface area (Å²) in [7, 11) is 0. The summed E-state index contributed by atoms with van der Waals surface area (Å²) in [5.74, 6) is 2.69. The summed E-state index contributed by atoms with van der Waals surface area (Å²) in [6.07, 6.45) is 9.33. The van der Waals surface area contributed by atoms with Crippen LogP contribution in [0.25, 0.3) is 0 Å². The molecule has 0 saturated carbocycles. The van der Waals surface area contributed by atoms with Crippen LogP contribution in [0.3, 0.4) is 0 Å². The molecule has 0 nitrogen and oxygen atoms in total. The topological polar surface area (TPSA) is 0 Å². The molecular formula is C32H68P2PdS4. The molecule has 0 aromatic heterocycles. The third kappa shape index (κ3) is 33.4. The van der Waals surface area contributed by atoms with Gasteiger partial charge in [-0.25, -0.2) is 0 Å². The average molecular weight is 750 g/mol. The van der Waals surface area contributed by atoms with Crippen LogP contribution in [0.4, 0.5) is 0 Å². The summed E-state index contributed by atoms with van der Waals surface area (Å²) in [6, 6.07) is 0. The minimum Gasteiger partial charge on any atom is -0.746 e. The van der Waals surface area contributed by atoms with Gasteiger partial charge in [-0.2, -0.15) is 10.5 Å². The molecule has 0 aromatic rings. The second-order valence-corrected chi connectivity index (χ2v) is 32.3. The van der Waals surface area contributed by atoms with Gasteiger partial charge in [0.25, 0.3) is 0 Å². The molecule has 0 aromatic carbocycles. The normalized spacial score (nSPS) is 19.3. The monoisotopic (exact) mass is 748 g/mol. The van der Waals surface area contributed by atoms with Crippen LogP contribution in [0.15, 0.2) is 0 Å². The molecule has 0 aliphatic carbocycles. The molecule has 4 unspecified atom stereocenters. The molecule has 0 heterocycles. The van der Waals surface area contributed by atoms with Gasteiger partial charge in [-0.3, -0.25) is 0 Å². The molecule has 0 amide bonds. The van der Waals surface area contributed by atoms with E-state index in [9.17, 15) is 0 Å². The minimum atomic E-state index is -1.56. The molecule has 0 radical (unpaired) electrons. The van der Waals surface area contributed by atoms with E-state index in [1.54, 1.807) is 0 Å². The van der Waals surface area contributed by atoms with Crippen LogP contribution in [0.1, 0.15) is 136 Å². The van der Waals surface area contributed by atoms with Crippen LogP contribution >= 0.6 is 10.5 Å². The van der Waals surface area contributed by atoms with Crippen molar-refractivity contribution in [2.75, 3.05) is 24.6 Å². The van der Waals surface area contributed by atoms with Crippen molar-refractivity contribution in [3.63, 3.8) is 0 Å². The predicted molar refractivity (Wildman–Crippen MR) is 196 cm³/mol. The van der Waals surface area contributed by atoms with Gasteiger partial charge in [-0.05, 0) is 95.7 Å². The van der Waals surface area contributed by atoms with E-state index in [0.717, 1.165) is 24.6 Å². The maximum absolute atomic E-state index is 5.80.